The van der Waals surface area contributed by atoms with E-state index in [0.717, 1.165) is 56.5 Å². The second-order valence-corrected chi connectivity index (χ2v) is 8.14. The number of carbonyl (C=O) groups excluding carboxylic acids is 1. The van der Waals surface area contributed by atoms with Gasteiger partial charge in [0.05, 0.1) is 17.2 Å². The first-order valence-electron chi connectivity index (χ1n) is 9.24. The van der Waals surface area contributed by atoms with Crippen molar-refractivity contribution in [2.24, 2.45) is 0 Å². The van der Waals surface area contributed by atoms with Gasteiger partial charge in [-0.25, -0.2) is 0 Å². The first kappa shape index (κ1) is 19.5. The fraction of sp³-hybridized carbons (Fsp3) is 0.632. The summed E-state index contributed by atoms with van der Waals surface area (Å²) in [5.74, 6) is 1.25. The number of likely N-dealkylation sites (tertiary alicyclic amines) is 1. The molecule has 1 aromatic carbocycles. The molecule has 1 atom stereocenters. The molecule has 1 unspecified atom stereocenters. The van der Waals surface area contributed by atoms with Crippen molar-refractivity contribution in [3.8, 4) is 0 Å². The van der Waals surface area contributed by atoms with Gasteiger partial charge in [-0.05, 0) is 50.2 Å². The average molecular weight is 386 g/mol. The molecule has 144 valence electrons. The number of hydrogen-bond acceptors (Lipinski definition) is 3. The molecule has 7 heteroatoms. The van der Waals surface area contributed by atoms with Crippen LogP contribution in [0.4, 0.5) is 13.2 Å². The Morgan fingerprint density at radius 3 is 2.54 bits per heavy atom. The van der Waals surface area contributed by atoms with Gasteiger partial charge in [0.15, 0.2) is 0 Å². The van der Waals surface area contributed by atoms with E-state index < -0.39 is 17.6 Å². The van der Waals surface area contributed by atoms with Crippen LogP contribution in [0.5, 0.6) is 0 Å². The maximum absolute atomic E-state index is 13.3. The zero-order chi connectivity index (χ0) is 18.6. The van der Waals surface area contributed by atoms with E-state index in [1.54, 1.807) is 16.7 Å². The van der Waals surface area contributed by atoms with E-state index in [9.17, 15) is 18.0 Å². The van der Waals surface area contributed by atoms with Crippen molar-refractivity contribution < 1.29 is 18.0 Å². The van der Waals surface area contributed by atoms with Crippen LogP contribution in [-0.2, 0) is 6.18 Å². The second-order valence-electron chi connectivity index (χ2n) is 6.99. The molecule has 3 nitrogen and oxygen atoms in total. The van der Waals surface area contributed by atoms with Crippen molar-refractivity contribution in [3.05, 3.63) is 35.4 Å². The van der Waals surface area contributed by atoms with Crippen LogP contribution in [0.3, 0.4) is 0 Å². The second kappa shape index (κ2) is 8.65. The van der Waals surface area contributed by atoms with E-state index in [-0.39, 0.29) is 11.6 Å². The van der Waals surface area contributed by atoms with Gasteiger partial charge in [0.25, 0.3) is 5.91 Å². The third kappa shape index (κ3) is 4.74. The number of hydrogen-bond donors (Lipinski definition) is 0. The van der Waals surface area contributed by atoms with Gasteiger partial charge in [-0.2, -0.15) is 24.9 Å². The van der Waals surface area contributed by atoms with Crippen molar-refractivity contribution in [3.63, 3.8) is 0 Å². The molecule has 0 bridgehead atoms. The minimum atomic E-state index is -4.52. The Hall–Kier alpha value is -1.21. The normalized spacial score (nSPS) is 22.9. The van der Waals surface area contributed by atoms with E-state index in [1.807, 2.05) is 0 Å². The molecule has 0 radical (unpaired) electrons. The Morgan fingerprint density at radius 1 is 1.08 bits per heavy atom. The smallest absolute Gasteiger partial charge is 0.334 e. The number of rotatable bonds is 3. The number of halogens is 3. The zero-order valence-electron chi connectivity index (χ0n) is 14.8. The standard InChI is InChI=1S/C19H25F3N2OS/c20-19(21,22)17-8-3-2-7-16(17)18(25)24-11-6-12-26-14-15(24)13-23-9-4-1-5-10-23/h2-3,7-8,15H,1,4-6,9-14H2. The first-order valence-corrected chi connectivity index (χ1v) is 10.4. The number of alkyl halides is 3. The highest BCUT2D eigenvalue weighted by atomic mass is 32.2. The SMILES string of the molecule is O=C(c1ccccc1C(F)(F)F)N1CCCSCC1CN1CCCCC1. The molecule has 0 spiro atoms. The molecule has 1 aromatic rings. The van der Waals surface area contributed by atoms with Gasteiger partial charge < -0.3 is 9.80 Å². The summed E-state index contributed by atoms with van der Waals surface area (Å²) in [5.41, 5.74) is -1.06. The molecule has 1 amide bonds. The highest BCUT2D eigenvalue weighted by molar-refractivity contribution is 7.99. The maximum Gasteiger partial charge on any atom is 0.417 e. The lowest BCUT2D eigenvalue weighted by Crippen LogP contribution is -2.49. The fourth-order valence-electron chi connectivity index (χ4n) is 3.76. The van der Waals surface area contributed by atoms with Crippen LogP contribution in [-0.4, -0.2) is 59.4 Å². The first-order chi connectivity index (χ1) is 12.5. The largest absolute Gasteiger partial charge is 0.417 e. The summed E-state index contributed by atoms with van der Waals surface area (Å²) < 4.78 is 40.0. The summed E-state index contributed by atoms with van der Waals surface area (Å²) in [5, 5.41) is 0. The maximum atomic E-state index is 13.3. The fourth-order valence-corrected chi connectivity index (χ4v) is 4.82. The lowest BCUT2D eigenvalue weighted by atomic mass is 10.0. The predicted molar refractivity (Wildman–Crippen MR) is 98.5 cm³/mol. The Kier molecular flexibility index (Phi) is 6.51. The molecule has 26 heavy (non-hydrogen) atoms. The Labute approximate surface area is 156 Å². The van der Waals surface area contributed by atoms with Gasteiger partial charge in [-0.3, -0.25) is 4.79 Å². The van der Waals surface area contributed by atoms with E-state index in [2.05, 4.69) is 4.90 Å². The van der Waals surface area contributed by atoms with Crippen LogP contribution in [0, 0.1) is 0 Å². The Balaban J connectivity index is 1.82. The quantitative estimate of drug-likeness (QED) is 0.780. The van der Waals surface area contributed by atoms with Crippen molar-refractivity contribution in [1.29, 1.82) is 0 Å². The molecular weight excluding hydrogens is 361 g/mol. The minimum Gasteiger partial charge on any atom is -0.334 e. The summed E-state index contributed by atoms with van der Waals surface area (Å²) in [6.07, 6.45) is -0.150. The van der Waals surface area contributed by atoms with Crippen LogP contribution in [0.15, 0.2) is 24.3 Å². The monoisotopic (exact) mass is 386 g/mol. The van der Waals surface area contributed by atoms with Crippen molar-refractivity contribution >= 4 is 17.7 Å². The highest BCUT2D eigenvalue weighted by Gasteiger charge is 2.37. The molecule has 2 fully saturated rings. The van der Waals surface area contributed by atoms with Crippen LogP contribution in [0.25, 0.3) is 0 Å². The summed E-state index contributed by atoms with van der Waals surface area (Å²) in [4.78, 5) is 17.1. The van der Waals surface area contributed by atoms with Gasteiger partial charge in [-0.15, -0.1) is 0 Å². The average Bonchev–Trinajstić information content (AvgIpc) is 2.87. The zero-order valence-corrected chi connectivity index (χ0v) is 15.6. The van der Waals surface area contributed by atoms with Crippen molar-refractivity contribution in [2.75, 3.05) is 37.7 Å². The van der Waals surface area contributed by atoms with Crippen LogP contribution >= 0.6 is 11.8 Å². The number of piperidine rings is 1. The summed E-state index contributed by atoms with van der Waals surface area (Å²) >= 11 is 1.80. The lowest BCUT2D eigenvalue weighted by Gasteiger charge is -2.36. The molecule has 3 rings (SSSR count). The van der Waals surface area contributed by atoms with Gasteiger partial charge >= 0.3 is 6.18 Å². The molecule has 2 aliphatic rings. The number of benzene rings is 1. The molecule has 0 saturated carbocycles. The molecule has 0 aromatic heterocycles. The summed E-state index contributed by atoms with van der Waals surface area (Å²) in [7, 11) is 0. The van der Waals surface area contributed by atoms with E-state index >= 15 is 0 Å². The lowest BCUT2D eigenvalue weighted by molar-refractivity contribution is -0.138. The number of carbonyl (C=O) groups is 1. The third-order valence-electron chi connectivity index (χ3n) is 5.08. The Morgan fingerprint density at radius 2 is 1.81 bits per heavy atom. The number of thioether (sulfide) groups is 1. The molecule has 2 aliphatic heterocycles. The van der Waals surface area contributed by atoms with Crippen LogP contribution in [0.2, 0.25) is 0 Å². The van der Waals surface area contributed by atoms with Crippen molar-refractivity contribution in [2.45, 2.75) is 37.9 Å². The predicted octanol–water partition coefficient (Wildman–Crippen LogP) is 4.14. The van der Waals surface area contributed by atoms with Crippen molar-refractivity contribution in [1.82, 2.24) is 9.80 Å². The third-order valence-corrected chi connectivity index (χ3v) is 6.28. The molecule has 2 heterocycles. The minimum absolute atomic E-state index is 0.0330. The van der Waals surface area contributed by atoms with Gasteiger partial charge in [0.2, 0.25) is 0 Å². The summed E-state index contributed by atoms with van der Waals surface area (Å²) in [6.45, 7) is 3.31. The number of amides is 1. The van der Waals surface area contributed by atoms with Crippen LogP contribution in [0.1, 0.15) is 41.6 Å². The van der Waals surface area contributed by atoms with Gasteiger partial charge in [-0.1, -0.05) is 18.6 Å². The summed E-state index contributed by atoms with van der Waals surface area (Å²) in [6, 6.07) is 5.12. The van der Waals surface area contributed by atoms with E-state index in [4.69, 9.17) is 0 Å². The topological polar surface area (TPSA) is 23.6 Å². The highest BCUT2D eigenvalue weighted by Crippen LogP contribution is 2.33. The molecule has 0 N–H and O–H groups in total. The molecule has 0 aliphatic carbocycles. The van der Waals surface area contributed by atoms with E-state index in [1.165, 1.54) is 24.6 Å². The van der Waals surface area contributed by atoms with Gasteiger partial charge in [0, 0.05) is 18.8 Å². The molecular formula is C19H25F3N2OS. The number of nitrogens with zero attached hydrogens (tertiary/aromatic N) is 2. The molecule has 2 saturated heterocycles. The van der Waals surface area contributed by atoms with Gasteiger partial charge in [0.1, 0.15) is 0 Å². The Bertz CT molecular complexity index is 617. The van der Waals surface area contributed by atoms with Crippen LogP contribution < -0.4 is 0 Å². The van der Waals surface area contributed by atoms with E-state index in [0.29, 0.717) is 6.54 Å².